The van der Waals surface area contributed by atoms with Crippen LogP contribution in [0.1, 0.15) is 61.8 Å². The van der Waals surface area contributed by atoms with Crippen molar-refractivity contribution in [2.24, 2.45) is 0 Å². The molecule has 2 nitrogen and oxygen atoms in total. The number of phenols is 1. The predicted molar refractivity (Wildman–Crippen MR) is 119 cm³/mol. The summed E-state index contributed by atoms with van der Waals surface area (Å²) >= 11 is 0. The number of piperidine rings is 1. The standard InChI is InChI=1S/C24H33FNOP/c1-5-24(4,21-14-17(2)13-18(3)23(21)27)28-22-10-9-20(25)15-19(22)16-26-11-7-6-8-12-26/h9-10,13-15,27-28H,5-8,11-12,16H2,1-4H3. The molecule has 0 aliphatic carbocycles. The highest BCUT2D eigenvalue weighted by molar-refractivity contribution is 7.48. The first-order valence-electron chi connectivity index (χ1n) is 10.4. The minimum absolute atomic E-state index is 0.159. The van der Waals surface area contributed by atoms with Gasteiger partial charge in [0.15, 0.2) is 0 Å². The molecule has 1 N–H and O–H groups in total. The molecule has 0 saturated carbocycles. The Bertz CT molecular complexity index is 832. The molecule has 2 aromatic carbocycles. The number of hydrogen-bond acceptors (Lipinski definition) is 2. The van der Waals surface area contributed by atoms with Gasteiger partial charge in [0, 0.05) is 17.3 Å². The van der Waals surface area contributed by atoms with Crippen LogP contribution in [0.15, 0.2) is 30.3 Å². The number of nitrogens with zero attached hydrogens (tertiary/aromatic N) is 1. The quantitative estimate of drug-likeness (QED) is 0.622. The van der Waals surface area contributed by atoms with Crippen LogP contribution in [0.5, 0.6) is 5.75 Å². The van der Waals surface area contributed by atoms with Gasteiger partial charge in [-0.1, -0.05) is 52.6 Å². The molecule has 2 unspecified atom stereocenters. The highest BCUT2D eigenvalue weighted by Crippen LogP contribution is 2.48. The number of phenolic OH excluding ortho intramolecular Hbond substituents is 1. The summed E-state index contributed by atoms with van der Waals surface area (Å²) < 4.78 is 14.1. The minimum atomic E-state index is -0.171. The van der Waals surface area contributed by atoms with Gasteiger partial charge in [-0.2, -0.15) is 0 Å². The molecule has 28 heavy (non-hydrogen) atoms. The van der Waals surface area contributed by atoms with E-state index in [1.165, 1.54) is 30.1 Å². The smallest absolute Gasteiger partial charge is 0.123 e. The van der Waals surface area contributed by atoms with E-state index in [4.69, 9.17) is 0 Å². The zero-order valence-electron chi connectivity index (χ0n) is 17.6. The van der Waals surface area contributed by atoms with Crippen molar-refractivity contribution in [1.82, 2.24) is 4.90 Å². The Labute approximate surface area is 170 Å². The van der Waals surface area contributed by atoms with Crippen molar-refractivity contribution in [3.63, 3.8) is 0 Å². The minimum Gasteiger partial charge on any atom is -0.507 e. The maximum absolute atomic E-state index is 14.1. The zero-order valence-corrected chi connectivity index (χ0v) is 18.6. The molecule has 0 radical (unpaired) electrons. The largest absolute Gasteiger partial charge is 0.507 e. The molecule has 0 bridgehead atoms. The predicted octanol–water partition coefficient (Wildman–Crippen LogP) is 5.76. The van der Waals surface area contributed by atoms with E-state index in [0.717, 1.165) is 42.7 Å². The van der Waals surface area contributed by atoms with E-state index in [-0.39, 0.29) is 11.0 Å². The fourth-order valence-corrected chi connectivity index (χ4v) is 5.77. The van der Waals surface area contributed by atoms with Gasteiger partial charge >= 0.3 is 0 Å². The monoisotopic (exact) mass is 401 g/mol. The summed E-state index contributed by atoms with van der Waals surface area (Å²) in [6.45, 7) is 11.5. The number of halogens is 1. The van der Waals surface area contributed by atoms with E-state index >= 15 is 0 Å². The summed E-state index contributed by atoms with van der Waals surface area (Å²) in [7, 11) is 0.478. The summed E-state index contributed by atoms with van der Waals surface area (Å²) in [5.41, 5.74) is 4.21. The average Bonchev–Trinajstić information content (AvgIpc) is 2.67. The van der Waals surface area contributed by atoms with Gasteiger partial charge in [0.1, 0.15) is 11.6 Å². The Morgan fingerprint density at radius 3 is 2.50 bits per heavy atom. The highest BCUT2D eigenvalue weighted by atomic mass is 31.1. The topological polar surface area (TPSA) is 23.5 Å². The number of benzene rings is 2. The number of hydrogen-bond donors (Lipinski definition) is 1. The molecule has 0 aromatic heterocycles. The van der Waals surface area contributed by atoms with Crippen LogP contribution >= 0.6 is 8.58 Å². The second-order valence-corrected chi connectivity index (χ2v) is 10.3. The SMILES string of the molecule is CCC(C)(Pc1ccc(F)cc1CN1CCCCC1)c1cc(C)cc(C)c1O. The van der Waals surface area contributed by atoms with Crippen molar-refractivity contribution >= 4 is 13.9 Å². The van der Waals surface area contributed by atoms with Gasteiger partial charge in [0.2, 0.25) is 0 Å². The van der Waals surface area contributed by atoms with Gasteiger partial charge in [-0.3, -0.25) is 4.90 Å². The molecule has 1 saturated heterocycles. The maximum Gasteiger partial charge on any atom is 0.123 e. The van der Waals surface area contributed by atoms with Crippen LogP contribution in [0.3, 0.4) is 0 Å². The van der Waals surface area contributed by atoms with Crippen molar-refractivity contribution < 1.29 is 9.50 Å². The first-order chi connectivity index (χ1) is 13.3. The van der Waals surface area contributed by atoms with Crippen molar-refractivity contribution in [3.05, 3.63) is 58.4 Å². The first kappa shape index (κ1) is 21.3. The highest BCUT2D eigenvalue weighted by Gasteiger charge is 2.30. The number of rotatable bonds is 6. The van der Waals surface area contributed by atoms with Crippen LogP contribution in [0.2, 0.25) is 0 Å². The molecule has 1 fully saturated rings. The van der Waals surface area contributed by atoms with E-state index in [1.807, 2.05) is 19.1 Å². The maximum atomic E-state index is 14.1. The third-order valence-corrected chi connectivity index (χ3v) is 8.00. The molecular formula is C24H33FNOP. The van der Waals surface area contributed by atoms with Crippen molar-refractivity contribution in [2.75, 3.05) is 13.1 Å². The third kappa shape index (κ3) is 4.75. The van der Waals surface area contributed by atoms with Gasteiger partial charge in [-0.05, 0) is 74.8 Å². The summed E-state index contributed by atoms with van der Waals surface area (Å²) in [5.74, 6) is 0.246. The molecule has 2 atom stereocenters. The van der Waals surface area contributed by atoms with E-state index in [9.17, 15) is 9.50 Å². The van der Waals surface area contributed by atoms with Crippen molar-refractivity contribution in [3.8, 4) is 5.75 Å². The van der Waals surface area contributed by atoms with E-state index < -0.39 is 0 Å². The van der Waals surface area contributed by atoms with Gasteiger partial charge in [-0.15, -0.1) is 0 Å². The fourth-order valence-electron chi connectivity index (χ4n) is 4.20. The lowest BCUT2D eigenvalue weighted by Gasteiger charge is -2.33. The Kier molecular flexibility index (Phi) is 6.78. The number of aryl methyl sites for hydroxylation is 2. The van der Waals surface area contributed by atoms with Crippen LogP contribution in [0, 0.1) is 19.7 Å². The molecule has 0 spiro atoms. The molecule has 1 heterocycles. The Morgan fingerprint density at radius 1 is 1.11 bits per heavy atom. The molecule has 1 aliphatic rings. The number of aromatic hydroxyl groups is 1. The lowest BCUT2D eigenvalue weighted by atomic mass is 9.93. The van der Waals surface area contributed by atoms with Gasteiger partial charge < -0.3 is 5.11 Å². The van der Waals surface area contributed by atoms with Crippen LogP contribution in [-0.4, -0.2) is 23.1 Å². The van der Waals surface area contributed by atoms with Crippen LogP contribution in [-0.2, 0) is 11.7 Å². The third-order valence-electron chi connectivity index (χ3n) is 6.07. The molecule has 3 rings (SSSR count). The van der Waals surface area contributed by atoms with E-state index in [0.29, 0.717) is 14.3 Å². The molecule has 4 heteroatoms. The van der Waals surface area contributed by atoms with Crippen LogP contribution in [0.4, 0.5) is 4.39 Å². The summed E-state index contributed by atoms with van der Waals surface area (Å²) in [6, 6.07) is 9.40. The normalized spacial score (nSPS) is 17.9. The summed E-state index contributed by atoms with van der Waals surface area (Å²) in [5, 5.41) is 11.8. The van der Waals surface area contributed by atoms with E-state index in [2.05, 4.69) is 31.7 Å². The van der Waals surface area contributed by atoms with Gasteiger partial charge in [0.25, 0.3) is 0 Å². The lowest BCUT2D eigenvalue weighted by molar-refractivity contribution is 0.221. The molecule has 1 aliphatic heterocycles. The summed E-state index contributed by atoms with van der Waals surface area (Å²) in [6.07, 6.45) is 4.68. The Morgan fingerprint density at radius 2 is 1.82 bits per heavy atom. The first-order valence-corrected chi connectivity index (χ1v) is 11.4. The van der Waals surface area contributed by atoms with Crippen LogP contribution in [0.25, 0.3) is 0 Å². The fraction of sp³-hybridized carbons (Fsp3) is 0.500. The molecule has 0 amide bonds. The van der Waals surface area contributed by atoms with Gasteiger partial charge in [-0.25, -0.2) is 4.39 Å². The second kappa shape index (κ2) is 8.93. The summed E-state index contributed by atoms with van der Waals surface area (Å²) in [4.78, 5) is 2.45. The van der Waals surface area contributed by atoms with E-state index in [1.54, 1.807) is 12.1 Å². The lowest BCUT2D eigenvalue weighted by Crippen LogP contribution is -2.31. The zero-order chi connectivity index (χ0) is 20.3. The Balaban J connectivity index is 1.94. The molecule has 2 aromatic rings. The molecule has 152 valence electrons. The van der Waals surface area contributed by atoms with Crippen molar-refractivity contribution in [1.29, 1.82) is 0 Å². The molecular weight excluding hydrogens is 368 g/mol. The van der Waals surface area contributed by atoms with Crippen molar-refractivity contribution in [2.45, 2.75) is 65.1 Å². The number of likely N-dealkylation sites (tertiary alicyclic amines) is 1. The van der Waals surface area contributed by atoms with Gasteiger partial charge in [0.05, 0.1) is 0 Å². The van der Waals surface area contributed by atoms with Crippen LogP contribution < -0.4 is 5.30 Å². The average molecular weight is 402 g/mol. The second-order valence-electron chi connectivity index (χ2n) is 8.43. The Hall–Kier alpha value is -1.44.